The molecule has 0 spiro atoms. The smallest absolute Gasteiger partial charge is 0.155 e. The van der Waals surface area contributed by atoms with Crippen LogP contribution in [0.5, 0.6) is 0 Å². The summed E-state index contributed by atoms with van der Waals surface area (Å²) >= 11 is 0. The molecule has 7 aromatic heterocycles. The largest absolute Gasteiger partial charge is 0.512 e. The number of aliphatic hydroxyl groups is 3. The third-order valence-corrected chi connectivity index (χ3v) is 13.3. The molecule has 3 N–H and O–H groups in total. The average molecular weight is 2570 g/mol. The van der Waals surface area contributed by atoms with Crippen molar-refractivity contribution in [2.75, 3.05) is 0 Å². The van der Waals surface area contributed by atoms with E-state index in [-0.39, 0.29) is 185 Å². The first-order chi connectivity index (χ1) is 50.7. The Morgan fingerprint density at radius 2 is 0.559 bits per heavy atom. The molecule has 0 fully saturated rings. The molecule has 27 heteroatoms. The molecular weight excluding hydrogens is 2510 g/mol. The fourth-order valence-corrected chi connectivity index (χ4v) is 8.50. The van der Waals surface area contributed by atoms with Gasteiger partial charge in [-0.15, -0.1) is 156 Å². The van der Waals surface area contributed by atoms with Gasteiger partial charge in [-0.1, -0.05) is 108 Å². The van der Waals surface area contributed by atoms with Gasteiger partial charge in [0.15, 0.2) is 5.78 Å². The van der Waals surface area contributed by atoms with E-state index in [4.69, 9.17) is 15.3 Å². The zero-order valence-corrected chi connectivity index (χ0v) is 71.9. The molecule has 7 heterocycles. The summed E-state index contributed by atoms with van der Waals surface area (Å²) in [7, 11) is 0. The summed E-state index contributed by atoms with van der Waals surface area (Å²) < 4.78 is 128. The van der Waals surface area contributed by atoms with Crippen LogP contribution in [0.1, 0.15) is 25.0 Å². The molecule has 111 heavy (non-hydrogen) atoms. The zero-order chi connectivity index (χ0) is 75.3. The Hall–Kier alpha value is -9.08. The van der Waals surface area contributed by atoms with Gasteiger partial charge in [-0.05, 0) is 107 Å². The molecule has 0 aliphatic rings. The Balaban J connectivity index is 0.000000633. The quantitative estimate of drug-likeness (QED) is 0.0516. The number of hydrogen-bond acceptors (Lipinski definition) is 11. The molecule has 0 amide bonds. The first-order valence-corrected chi connectivity index (χ1v) is 31.1. The number of aromatic nitrogens is 7. The number of ketones is 1. The molecule has 6 radical (unpaired) electrons. The molecule has 0 aliphatic heterocycles. The fourth-order valence-electron chi connectivity index (χ4n) is 8.50. The predicted molar refractivity (Wildman–Crippen MR) is 378 cm³/mol. The molecule has 584 valence electrons. The minimum Gasteiger partial charge on any atom is -0.512 e. The van der Waals surface area contributed by atoms with E-state index < -0.39 is 34.9 Å². The molecule has 0 aliphatic carbocycles. The Labute approximate surface area is 716 Å². The van der Waals surface area contributed by atoms with Crippen LogP contribution >= 0.6 is 0 Å². The van der Waals surface area contributed by atoms with E-state index in [1.54, 1.807) is 116 Å². The zero-order valence-electron chi connectivity index (χ0n) is 57.6. The molecule has 14 rings (SSSR count). The number of carbonyl (C=O) groups excluding carboxylic acids is 1. The molecule has 0 saturated heterocycles. The van der Waals surface area contributed by atoms with Crippen molar-refractivity contribution in [1.82, 2.24) is 34.9 Å². The Bertz CT molecular complexity index is 4700. The van der Waals surface area contributed by atoms with E-state index in [0.717, 1.165) is 75.7 Å². The van der Waals surface area contributed by atoms with Gasteiger partial charge in [-0.25, -0.2) is 0 Å². The molecule has 14 aromatic rings. The van der Waals surface area contributed by atoms with E-state index in [1.807, 2.05) is 54.6 Å². The van der Waals surface area contributed by atoms with E-state index in [9.17, 15) is 48.7 Å². The average Bonchev–Trinajstić information content (AvgIpc) is 1.15. The predicted octanol–water partition coefficient (Wildman–Crippen LogP) is 19.2. The molecule has 7 aromatic carbocycles. The summed E-state index contributed by atoms with van der Waals surface area (Å²) in [6, 6.07) is 75.4. The van der Waals surface area contributed by atoms with Crippen molar-refractivity contribution in [3.8, 4) is 78.8 Å². The number of allylic oxidation sites excluding steroid dienone is 2. The summed E-state index contributed by atoms with van der Waals surface area (Å²) in [4.78, 5) is 38.3. The minimum absolute atomic E-state index is 0. The van der Waals surface area contributed by atoms with Crippen LogP contribution < -0.4 is 0 Å². The molecule has 0 atom stereocenters. The SMILES string of the molecule is CC(=O)C=C(C)O.Fc1c[c-]c(-c2ccccn2)c(F)c1.Fc1c[c-]c(-c2ccccn2)c(F)c1.Fc1c[c-]c(-c2ccccn2)cc1.Fc1c[c-]c(-c2ccccn2)cc1.Fc1c[c-]c(-c2ccccn2)cc1.OCc1ccnc(-c2[c-]cc(F)cc2)c1.OCc1ccnc(-c2[c-]cc(F)cc2F)c1.[Ir].[Ir].[Ir].[Ir].[Ir].[Ir]. The normalized spacial score (nSPS) is 9.66. The third kappa shape index (κ3) is 35.9. The second kappa shape index (κ2) is 54.5. The number of halogens is 10. The van der Waals surface area contributed by atoms with Crippen LogP contribution in [0.15, 0.2) is 280 Å². The van der Waals surface area contributed by atoms with Crippen LogP contribution in [0.25, 0.3) is 78.8 Å². The summed E-state index contributed by atoms with van der Waals surface area (Å²) in [5.41, 5.74) is 9.32. The maximum Gasteiger partial charge on any atom is 0.155 e. The maximum absolute atomic E-state index is 13.4. The second-order valence-electron chi connectivity index (χ2n) is 21.2. The van der Waals surface area contributed by atoms with Gasteiger partial charge in [0.05, 0.1) is 19.0 Å². The van der Waals surface area contributed by atoms with Crippen molar-refractivity contribution in [3.05, 3.63) is 391 Å². The van der Waals surface area contributed by atoms with Crippen LogP contribution in [0.4, 0.5) is 43.9 Å². The van der Waals surface area contributed by atoms with Crippen molar-refractivity contribution >= 4 is 5.78 Å². The number of benzene rings is 7. The third-order valence-electron chi connectivity index (χ3n) is 13.3. The second-order valence-corrected chi connectivity index (χ2v) is 21.2. The van der Waals surface area contributed by atoms with Crippen molar-refractivity contribution < 1.29 is 185 Å². The number of pyridine rings is 7. The first-order valence-electron chi connectivity index (χ1n) is 31.1. The van der Waals surface area contributed by atoms with Crippen LogP contribution in [-0.2, 0) is 139 Å². The number of aliphatic hydroxyl groups excluding tert-OH is 3. The van der Waals surface area contributed by atoms with Gasteiger partial charge in [0.25, 0.3) is 0 Å². The van der Waals surface area contributed by atoms with E-state index >= 15 is 0 Å². The van der Waals surface area contributed by atoms with Gasteiger partial charge in [-0.3, -0.25) is 48.7 Å². The Morgan fingerprint density at radius 3 is 0.793 bits per heavy atom. The van der Waals surface area contributed by atoms with Crippen molar-refractivity contribution in [3.63, 3.8) is 0 Å². The van der Waals surface area contributed by atoms with E-state index in [2.05, 4.69) is 77.4 Å². The van der Waals surface area contributed by atoms with Crippen LogP contribution in [-0.4, -0.2) is 56.0 Å². The van der Waals surface area contributed by atoms with Gasteiger partial charge in [0.1, 0.15) is 0 Å². The molecular formula is C84H58F10Ir6N7O4-7. The van der Waals surface area contributed by atoms with Crippen molar-refractivity contribution in [2.45, 2.75) is 27.1 Å². The summed E-state index contributed by atoms with van der Waals surface area (Å²) in [5.74, 6) is -5.19. The molecule has 11 nitrogen and oxygen atoms in total. The van der Waals surface area contributed by atoms with Crippen molar-refractivity contribution in [2.24, 2.45) is 0 Å². The maximum atomic E-state index is 13.4. The summed E-state index contributed by atoms with van der Waals surface area (Å²) in [6.45, 7) is 2.66. The van der Waals surface area contributed by atoms with Crippen LogP contribution in [0.2, 0.25) is 0 Å². The van der Waals surface area contributed by atoms with E-state index in [0.29, 0.717) is 33.9 Å². The molecule has 0 unspecified atom stereocenters. The van der Waals surface area contributed by atoms with Crippen molar-refractivity contribution in [1.29, 1.82) is 0 Å². The number of carbonyl (C=O) groups is 1. The van der Waals surface area contributed by atoms with Crippen LogP contribution in [0, 0.1) is 101 Å². The van der Waals surface area contributed by atoms with Gasteiger partial charge in [-0.2, -0.15) is 0 Å². The Morgan fingerprint density at radius 1 is 0.306 bits per heavy atom. The number of rotatable bonds is 10. The topological polar surface area (TPSA) is 168 Å². The van der Waals surface area contributed by atoms with Gasteiger partial charge in [0.2, 0.25) is 0 Å². The molecule has 0 bridgehead atoms. The summed E-state index contributed by atoms with van der Waals surface area (Å²) in [6.07, 6.45) is 12.4. The monoisotopic (exact) mass is 2580 g/mol. The van der Waals surface area contributed by atoms with Gasteiger partial charge < -0.3 is 50.2 Å². The number of hydrogen-bond donors (Lipinski definition) is 3. The summed E-state index contributed by atoms with van der Waals surface area (Å²) in [5, 5.41) is 26.2. The number of nitrogens with zero attached hydrogens (tertiary/aromatic N) is 7. The van der Waals surface area contributed by atoms with Gasteiger partial charge >= 0.3 is 0 Å². The van der Waals surface area contributed by atoms with Crippen LogP contribution in [0.3, 0.4) is 0 Å². The van der Waals surface area contributed by atoms with E-state index in [1.165, 1.54) is 80.7 Å². The standard InChI is InChI=1S/C12H8F2NO.C12H9FNO.2C11H6F2N.3C11H7FN.C5H8O2.6Ir/c13-9-1-2-10(11(14)6-9)12-5-8(7-16)3-4-15-12;13-11-3-1-10(2-4-11)12-7-9(8-15)5-6-14-12;2*12-8-4-5-9(10(13)7-8)11-3-1-2-6-14-11;3*12-10-6-4-9(5-7-10)11-3-1-2-8-13-11;1-4(6)3-5(2)7;;;;;;/h1,3-6,16H,7H2;1,3-7,15H,8H2;2*1-4,6-7H;3*1-4,6-8H;3,6H,1-2H3;;;;;;/q7*-1;;;;;;;. The molecule has 0 saturated carbocycles. The van der Waals surface area contributed by atoms with Gasteiger partial charge in [0, 0.05) is 228 Å². The first kappa shape index (κ1) is 99.9. The minimum atomic E-state index is -0.720. The Kier molecular flexibility index (Phi) is 49.1. The fraction of sp³-hybridized carbons (Fsp3) is 0.0476.